The molecule has 2 nitrogen and oxygen atoms in total. The molecule has 2 rings (SSSR count). The largest absolute Gasteiger partial charge is 0.388 e. The summed E-state index contributed by atoms with van der Waals surface area (Å²) >= 11 is 0. The monoisotopic (exact) mass is 239 g/mol. The van der Waals surface area contributed by atoms with Crippen molar-refractivity contribution in [1.29, 1.82) is 0 Å². The molecule has 0 amide bonds. The van der Waals surface area contributed by atoms with Crippen molar-refractivity contribution >= 4 is 11.8 Å². The second-order valence-electron chi connectivity index (χ2n) is 4.05. The van der Waals surface area contributed by atoms with Crippen molar-refractivity contribution in [2.75, 3.05) is 12.4 Å². The number of hydrogen-bond donors (Lipinski definition) is 2. The Labute approximate surface area is 108 Å². The van der Waals surface area contributed by atoms with Crippen LogP contribution >= 0.6 is 0 Å². The zero-order valence-electron chi connectivity index (χ0n) is 10.4. The summed E-state index contributed by atoms with van der Waals surface area (Å²) in [7, 11) is 1.85. The van der Waals surface area contributed by atoms with Crippen molar-refractivity contribution < 1.29 is 5.11 Å². The van der Waals surface area contributed by atoms with E-state index < -0.39 is 6.10 Å². The van der Waals surface area contributed by atoms with Gasteiger partial charge in [-0.25, -0.2) is 0 Å². The first-order chi connectivity index (χ1) is 8.81. The first-order valence-corrected chi connectivity index (χ1v) is 5.99. The molecule has 18 heavy (non-hydrogen) atoms. The summed E-state index contributed by atoms with van der Waals surface area (Å²) < 4.78 is 0. The van der Waals surface area contributed by atoms with Crippen LogP contribution in [0.1, 0.15) is 17.2 Å². The molecule has 92 valence electrons. The quantitative estimate of drug-likeness (QED) is 0.856. The fraction of sp³-hybridized carbons (Fsp3) is 0.125. The van der Waals surface area contributed by atoms with E-state index in [0.717, 1.165) is 16.8 Å². The van der Waals surface area contributed by atoms with Gasteiger partial charge in [-0.1, -0.05) is 60.7 Å². The SMILES string of the molecule is CNc1ccccc1C(O)/C=C/c1ccccc1. The normalized spacial score (nSPS) is 12.6. The molecule has 1 unspecified atom stereocenters. The van der Waals surface area contributed by atoms with E-state index in [1.54, 1.807) is 6.08 Å². The minimum Gasteiger partial charge on any atom is -0.388 e. The molecule has 2 N–H and O–H groups in total. The van der Waals surface area contributed by atoms with E-state index in [1.807, 2.05) is 67.7 Å². The van der Waals surface area contributed by atoms with Gasteiger partial charge < -0.3 is 10.4 Å². The number of anilines is 1. The summed E-state index contributed by atoms with van der Waals surface area (Å²) in [6, 6.07) is 17.7. The molecule has 2 aromatic rings. The van der Waals surface area contributed by atoms with Gasteiger partial charge >= 0.3 is 0 Å². The number of aliphatic hydroxyl groups is 1. The number of nitrogens with one attached hydrogen (secondary N) is 1. The van der Waals surface area contributed by atoms with Crippen molar-refractivity contribution in [3.05, 3.63) is 71.8 Å². The molecular formula is C16H17NO. The van der Waals surface area contributed by atoms with E-state index in [9.17, 15) is 5.11 Å². The molecule has 0 spiro atoms. The smallest absolute Gasteiger partial charge is 0.0994 e. The van der Waals surface area contributed by atoms with E-state index in [4.69, 9.17) is 0 Å². The van der Waals surface area contributed by atoms with Crippen LogP contribution in [0.4, 0.5) is 5.69 Å². The summed E-state index contributed by atoms with van der Waals surface area (Å²) in [6.07, 6.45) is 3.12. The van der Waals surface area contributed by atoms with Gasteiger partial charge in [-0.15, -0.1) is 0 Å². The Balaban J connectivity index is 2.17. The number of aliphatic hydroxyl groups excluding tert-OH is 1. The molecule has 0 aromatic heterocycles. The minimum atomic E-state index is -0.603. The van der Waals surface area contributed by atoms with Crippen molar-refractivity contribution in [3.8, 4) is 0 Å². The molecule has 0 aliphatic carbocycles. The molecule has 1 atom stereocenters. The fourth-order valence-corrected chi connectivity index (χ4v) is 1.85. The van der Waals surface area contributed by atoms with E-state index in [2.05, 4.69) is 5.32 Å². The molecule has 0 heterocycles. The van der Waals surface area contributed by atoms with Gasteiger partial charge in [-0.05, 0) is 11.6 Å². The summed E-state index contributed by atoms with van der Waals surface area (Å²) in [5.74, 6) is 0. The molecule has 0 bridgehead atoms. The highest BCUT2D eigenvalue weighted by Crippen LogP contribution is 2.23. The van der Waals surface area contributed by atoms with Gasteiger partial charge in [0, 0.05) is 18.3 Å². The lowest BCUT2D eigenvalue weighted by Crippen LogP contribution is -1.99. The second kappa shape index (κ2) is 6.03. The van der Waals surface area contributed by atoms with Crippen LogP contribution in [0.15, 0.2) is 60.7 Å². The van der Waals surface area contributed by atoms with Gasteiger partial charge in [0.05, 0.1) is 6.10 Å². The van der Waals surface area contributed by atoms with Crippen molar-refractivity contribution in [2.24, 2.45) is 0 Å². The maximum Gasteiger partial charge on any atom is 0.0994 e. The predicted molar refractivity (Wildman–Crippen MR) is 76.4 cm³/mol. The third-order valence-electron chi connectivity index (χ3n) is 2.82. The molecular weight excluding hydrogens is 222 g/mol. The highest BCUT2D eigenvalue weighted by atomic mass is 16.3. The van der Waals surface area contributed by atoms with Crippen LogP contribution < -0.4 is 5.32 Å². The molecule has 0 saturated carbocycles. The van der Waals surface area contributed by atoms with Crippen LogP contribution in [0.2, 0.25) is 0 Å². The summed E-state index contributed by atoms with van der Waals surface area (Å²) in [4.78, 5) is 0. The first kappa shape index (κ1) is 12.4. The van der Waals surface area contributed by atoms with Crippen molar-refractivity contribution in [3.63, 3.8) is 0 Å². The number of rotatable bonds is 4. The Bertz CT molecular complexity index is 520. The maximum atomic E-state index is 10.2. The van der Waals surface area contributed by atoms with Gasteiger partial charge in [-0.3, -0.25) is 0 Å². The predicted octanol–water partition coefficient (Wildman–Crippen LogP) is 3.48. The molecule has 0 saturated heterocycles. The summed E-state index contributed by atoms with van der Waals surface area (Å²) in [5, 5.41) is 13.2. The Kier molecular flexibility index (Phi) is 4.15. The van der Waals surface area contributed by atoms with Crippen LogP contribution in [-0.4, -0.2) is 12.2 Å². The molecule has 2 heteroatoms. The van der Waals surface area contributed by atoms with Gasteiger partial charge in [-0.2, -0.15) is 0 Å². The van der Waals surface area contributed by atoms with Crippen LogP contribution in [0, 0.1) is 0 Å². The highest BCUT2D eigenvalue weighted by molar-refractivity contribution is 5.55. The summed E-state index contributed by atoms with van der Waals surface area (Å²) in [6.45, 7) is 0. The average molecular weight is 239 g/mol. The third-order valence-corrected chi connectivity index (χ3v) is 2.82. The standard InChI is InChI=1S/C16H17NO/c1-17-15-10-6-5-9-14(15)16(18)12-11-13-7-3-2-4-8-13/h2-12,16-18H,1H3/b12-11+. The summed E-state index contributed by atoms with van der Waals surface area (Å²) in [5.41, 5.74) is 2.91. The van der Waals surface area contributed by atoms with Crippen LogP contribution in [0.25, 0.3) is 6.08 Å². The third kappa shape index (κ3) is 2.99. The zero-order chi connectivity index (χ0) is 12.8. The molecule has 0 fully saturated rings. The van der Waals surface area contributed by atoms with Crippen LogP contribution in [0.3, 0.4) is 0 Å². The molecule has 0 aliphatic rings. The molecule has 2 aromatic carbocycles. The van der Waals surface area contributed by atoms with E-state index >= 15 is 0 Å². The topological polar surface area (TPSA) is 32.3 Å². The number of benzene rings is 2. The second-order valence-corrected chi connectivity index (χ2v) is 4.05. The van der Waals surface area contributed by atoms with E-state index in [1.165, 1.54) is 0 Å². The fourth-order valence-electron chi connectivity index (χ4n) is 1.85. The Morgan fingerprint density at radius 1 is 1.00 bits per heavy atom. The first-order valence-electron chi connectivity index (χ1n) is 5.99. The average Bonchev–Trinajstić information content (AvgIpc) is 2.45. The number of para-hydroxylation sites is 1. The lowest BCUT2D eigenvalue weighted by atomic mass is 10.1. The van der Waals surface area contributed by atoms with E-state index in [0.29, 0.717) is 0 Å². The van der Waals surface area contributed by atoms with Gasteiger partial charge in [0.2, 0.25) is 0 Å². The highest BCUT2D eigenvalue weighted by Gasteiger charge is 2.07. The van der Waals surface area contributed by atoms with Crippen molar-refractivity contribution in [1.82, 2.24) is 0 Å². The Hall–Kier alpha value is -2.06. The lowest BCUT2D eigenvalue weighted by molar-refractivity contribution is 0.230. The van der Waals surface area contributed by atoms with Gasteiger partial charge in [0.1, 0.15) is 0 Å². The van der Waals surface area contributed by atoms with Gasteiger partial charge in [0.15, 0.2) is 0 Å². The lowest BCUT2D eigenvalue weighted by Gasteiger charge is -2.11. The number of hydrogen-bond acceptors (Lipinski definition) is 2. The Morgan fingerprint density at radius 3 is 2.39 bits per heavy atom. The zero-order valence-corrected chi connectivity index (χ0v) is 10.4. The minimum absolute atomic E-state index is 0.603. The maximum absolute atomic E-state index is 10.2. The molecule has 0 aliphatic heterocycles. The Morgan fingerprint density at radius 2 is 1.67 bits per heavy atom. The van der Waals surface area contributed by atoms with Crippen molar-refractivity contribution in [2.45, 2.75) is 6.10 Å². The van der Waals surface area contributed by atoms with Crippen LogP contribution in [-0.2, 0) is 0 Å². The van der Waals surface area contributed by atoms with Crippen LogP contribution in [0.5, 0.6) is 0 Å². The van der Waals surface area contributed by atoms with Gasteiger partial charge in [0.25, 0.3) is 0 Å². The van der Waals surface area contributed by atoms with E-state index in [-0.39, 0.29) is 0 Å². The molecule has 0 radical (unpaired) electrons.